The standard InChI is InChI=1S/C40H46F3N3O3/c1-7-17-39(18-8-2)25-35-36(34-16-15-33(21-27(34)4)49-26-30-13-11-10-12-14-30)46(20-19-45(35)37(39)47)38(48)44(6)28(5)31-22-29(9-3)23-32(24-31)40(41,42)43/h7-8,10-16,21-24,28,35-36H,1-2,9,17-20,25-26H2,3-6H3. The van der Waals surface area contributed by atoms with E-state index in [1.54, 1.807) is 37.1 Å². The zero-order valence-corrected chi connectivity index (χ0v) is 28.8. The maximum atomic E-state index is 14.5. The van der Waals surface area contributed by atoms with Crippen molar-refractivity contribution in [1.82, 2.24) is 14.7 Å². The summed E-state index contributed by atoms with van der Waals surface area (Å²) in [5, 5.41) is 0. The van der Waals surface area contributed by atoms with E-state index in [9.17, 15) is 22.8 Å². The molecule has 0 aliphatic carbocycles. The molecule has 3 unspecified atom stereocenters. The summed E-state index contributed by atoms with van der Waals surface area (Å²) in [6.07, 6.45) is 0.968. The fraction of sp³-hybridized carbons (Fsp3) is 0.400. The number of piperazine rings is 1. The first kappa shape index (κ1) is 35.8. The molecule has 2 aliphatic rings. The molecule has 2 fully saturated rings. The molecule has 0 spiro atoms. The molecule has 3 aromatic carbocycles. The molecule has 0 radical (unpaired) electrons. The van der Waals surface area contributed by atoms with Crippen LogP contribution in [0.5, 0.6) is 5.75 Å². The summed E-state index contributed by atoms with van der Waals surface area (Å²) in [6, 6.07) is 18.0. The Morgan fingerprint density at radius 1 is 1.04 bits per heavy atom. The van der Waals surface area contributed by atoms with Gasteiger partial charge in [-0.05, 0) is 91.6 Å². The number of halogens is 3. The highest BCUT2D eigenvalue weighted by molar-refractivity contribution is 5.87. The molecule has 49 heavy (non-hydrogen) atoms. The number of nitrogens with zero attached hydrogens (tertiary/aromatic N) is 3. The lowest BCUT2D eigenvalue weighted by Crippen LogP contribution is -2.57. The van der Waals surface area contributed by atoms with Crippen molar-refractivity contribution in [2.75, 3.05) is 20.1 Å². The largest absolute Gasteiger partial charge is 0.489 e. The molecular formula is C40H46F3N3O3. The van der Waals surface area contributed by atoms with Crippen molar-refractivity contribution in [3.8, 4) is 5.75 Å². The van der Waals surface area contributed by atoms with Crippen molar-refractivity contribution in [3.63, 3.8) is 0 Å². The third-order valence-electron chi connectivity index (χ3n) is 10.2. The molecule has 2 heterocycles. The molecule has 9 heteroatoms. The van der Waals surface area contributed by atoms with Crippen molar-refractivity contribution in [2.24, 2.45) is 5.41 Å². The highest BCUT2D eigenvalue weighted by Gasteiger charge is 2.56. The van der Waals surface area contributed by atoms with Gasteiger partial charge in [0.25, 0.3) is 0 Å². The number of hydrogen-bond donors (Lipinski definition) is 0. The van der Waals surface area contributed by atoms with E-state index in [0.29, 0.717) is 55.7 Å². The van der Waals surface area contributed by atoms with Gasteiger partial charge in [-0.2, -0.15) is 13.2 Å². The lowest BCUT2D eigenvalue weighted by molar-refractivity contribution is -0.139. The number of carbonyl (C=O) groups is 2. The number of hydrogen-bond acceptors (Lipinski definition) is 3. The fourth-order valence-corrected chi connectivity index (χ4v) is 7.46. The highest BCUT2D eigenvalue weighted by Crippen LogP contribution is 2.50. The van der Waals surface area contributed by atoms with Gasteiger partial charge >= 0.3 is 12.2 Å². The van der Waals surface area contributed by atoms with Gasteiger partial charge in [-0.15, -0.1) is 13.2 Å². The minimum atomic E-state index is -4.50. The molecule has 2 saturated heterocycles. The molecule has 3 aromatic rings. The highest BCUT2D eigenvalue weighted by atomic mass is 19.4. The Morgan fingerprint density at radius 3 is 2.35 bits per heavy atom. The molecule has 3 amide bonds. The normalized spacial score (nSPS) is 19.3. The minimum Gasteiger partial charge on any atom is -0.489 e. The molecule has 2 aliphatic heterocycles. The average Bonchev–Trinajstić information content (AvgIpc) is 3.36. The molecule has 0 N–H and O–H groups in total. The number of fused-ring (bicyclic) bond motifs is 1. The van der Waals surface area contributed by atoms with E-state index >= 15 is 0 Å². The van der Waals surface area contributed by atoms with Crippen LogP contribution in [0.25, 0.3) is 0 Å². The lowest BCUT2D eigenvalue weighted by Gasteiger charge is -2.47. The first-order valence-corrected chi connectivity index (χ1v) is 16.9. The summed E-state index contributed by atoms with van der Waals surface area (Å²) in [4.78, 5) is 33.8. The Labute approximate surface area is 287 Å². The van der Waals surface area contributed by atoms with Crippen LogP contribution in [0, 0.1) is 12.3 Å². The molecule has 0 aromatic heterocycles. The quantitative estimate of drug-likeness (QED) is 0.191. The monoisotopic (exact) mass is 673 g/mol. The van der Waals surface area contributed by atoms with Crippen LogP contribution in [0.3, 0.4) is 0 Å². The molecule has 0 bridgehead atoms. The van der Waals surface area contributed by atoms with E-state index < -0.39 is 29.2 Å². The summed E-state index contributed by atoms with van der Waals surface area (Å²) in [7, 11) is 1.63. The van der Waals surface area contributed by atoms with Crippen LogP contribution in [0.2, 0.25) is 0 Å². The second-order valence-corrected chi connectivity index (χ2v) is 13.4. The van der Waals surface area contributed by atoms with E-state index in [2.05, 4.69) is 13.2 Å². The molecule has 6 nitrogen and oxygen atoms in total. The Kier molecular flexibility index (Phi) is 10.6. The number of alkyl halides is 3. The smallest absolute Gasteiger partial charge is 0.416 e. The molecule has 3 atom stereocenters. The topological polar surface area (TPSA) is 53.1 Å². The van der Waals surface area contributed by atoms with Crippen molar-refractivity contribution >= 4 is 11.9 Å². The minimum absolute atomic E-state index is 0.0349. The number of benzene rings is 3. The maximum Gasteiger partial charge on any atom is 0.416 e. The first-order chi connectivity index (χ1) is 23.3. The van der Waals surface area contributed by atoms with Gasteiger partial charge in [-0.3, -0.25) is 4.79 Å². The van der Waals surface area contributed by atoms with Crippen LogP contribution in [0.1, 0.15) is 78.6 Å². The molecule has 0 saturated carbocycles. The summed E-state index contributed by atoms with van der Waals surface area (Å²) in [5.41, 5.74) is 2.39. The van der Waals surface area contributed by atoms with Crippen LogP contribution in [0.15, 0.2) is 92.0 Å². The summed E-state index contributed by atoms with van der Waals surface area (Å²) >= 11 is 0. The number of amides is 3. The van der Waals surface area contributed by atoms with Gasteiger partial charge in [0.15, 0.2) is 0 Å². The lowest BCUT2D eigenvalue weighted by atomic mass is 9.76. The van der Waals surface area contributed by atoms with Gasteiger partial charge in [0, 0.05) is 20.1 Å². The molecule has 260 valence electrons. The van der Waals surface area contributed by atoms with Crippen LogP contribution in [-0.4, -0.2) is 52.8 Å². The Morgan fingerprint density at radius 2 is 1.73 bits per heavy atom. The van der Waals surface area contributed by atoms with Gasteiger partial charge in [0.2, 0.25) is 5.91 Å². The van der Waals surface area contributed by atoms with Crippen LogP contribution in [0.4, 0.5) is 18.0 Å². The fourth-order valence-electron chi connectivity index (χ4n) is 7.46. The van der Waals surface area contributed by atoms with E-state index in [1.165, 1.54) is 11.0 Å². The Hall–Kier alpha value is -4.53. The number of ether oxygens (including phenoxy) is 1. The van der Waals surface area contributed by atoms with Gasteiger partial charge in [0.05, 0.1) is 29.1 Å². The number of allylic oxidation sites excluding steroid dienone is 2. The van der Waals surface area contributed by atoms with Gasteiger partial charge in [0.1, 0.15) is 12.4 Å². The summed E-state index contributed by atoms with van der Waals surface area (Å²) < 4.78 is 47.6. The van der Waals surface area contributed by atoms with Gasteiger partial charge in [-0.1, -0.05) is 61.5 Å². The number of carbonyl (C=O) groups excluding carboxylic acids is 2. The van der Waals surface area contributed by atoms with Gasteiger partial charge < -0.3 is 19.4 Å². The van der Waals surface area contributed by atoms with Crippen LogP contribution < -0.4 is 4.74 Å². The predicted octanol–water partition coefficient (Wildman–Crippen LogP) is 9.06. The SMILES string of the molecule is C=CCC1(CC=C)CC2C(c3ccc(OCc4ccccc4)cc3C)N(C(=O)N(C)C(C)c3cc(CC)cc(C(F)(F)F)c3)CCN2C1=O. The maximum absolute atomic E-state index is 14.5. The summed E-state index contributed by atoms with van der Waals surface area (Å²) in [6.45, 7) is 14.4. The zero-order chi connectivity index (χ0) is 35.5. The number of urea groups is 1. The van der Waals surface area contributed by atoms with Crippen molar-refractivity contribution in [2.45, 2.75) is 77.4 Å². The van der Waals surface area contributed by atoms with Crippen LogP contribution in [-0.2, 0) is 24.0 Å². The first-order valence-electron chi connectivity index (χ1n) is 16.9. The summed E-state index contributed by atoms with van der Waals surface area (Å²) in [5.74, 6) is 0.723. The van der Waals surface area contributed by atoms with E-state index in [1.807, 2.05) is 67.3 Å². The van der Waals surface area contributed by atoms with Crippen molar-refractivity contribution < 1.29 is 27.5 Å². The number of rotatable bonds is 11. The second-order valence-electron chi connectivity index (χ2n) is 13.4. The van der Waals surface area contributed by atoms with E-state index in [4.69, 9.17) is 4.74 Å². The Bertz CT molecular complexity index is 1680. The Balaban J connectivity index is 1.51. The second kappa shape index (κ2) is 14.5. The number of aryl methyl sites for hydroxylation is 2. The van der Waals surface area contributed by atoms with Gasteiger partial charge in [-0.25, -0.2) is 4.79 Å². The van der Waals surface area contributed by atoms with E-state index in [0.717, 1.165) is 22.8 Å². The molecule has 5 rings (SSSR count). The van der Waals surface area contributed by atoms with Crippen molar-refractivity contribution in [3.05, 3.63) is 125 Å². The van der Waals surface area contributed by atoms with E-state index in [-0.39, 0.29) is 24.5 Å². The predicted molar refractivity (Wildman–Crippen MR) is 186 cm³/mol. The van der Waals surface area contributed by atoms with Crippen LogP contribution >= 0.6 is 0 Å². The van der Waals surface area contributed by atoms with Crippen molar-refractivity contribution in [1.29, 1.82) is 0 Å². The third kappa shape index (κ3) is 7.26. The average molecular weight is 674 g/mol. The molecular weight excluding hydrogens is 627 g/mol. The third-order valence-corrected chi connectivity index (χ3v) is 10.2. The zero-order valence-electron chi connectivity index (χ0n) is 28.8.